The first-order valence-electron chi connectivity index (χ1n) is 6.10. The van der Waals surface area contributed by atoms with Crippen molar-refractivity contribution in [3.8, 4) is 0 Å². The maximum atomic E-state index is 13.3. The van der Waals surface area contributed by atoms with E-state index in [1.54, 1.807) is 30.3 Å². The number of halogens is 2. The van der Waals surface area contributed by atoms with Crippen LogP contribution in [0.25, 0.3) is 6.08 Å². The van der Waals surface area contributed by atoms with Gasteiger partial charge in [0, 0.05) is 18.2 Å². The average Bonchev–Trinajstić information content (AvgIpc) is 2.46. The molecule has 2 aromatic rings. The number of carbonyl (C=O) groups is 1. The summed E-state index contributed by atoms with van der Waals surface area (Å²) in [5.74, 6) is -1.04. The third-order valence-electron chi connectivity index (χ3n) is 2.70. The van der Waals surface area contributed by atoms with Gasteiger partial charge in [0.1, 0.15) is 11.6 Å². The van der Waals surface area contributed by atoms with Crippen molar-refractivity contribution in [2.45, 2.75) is 6.54 Å². The van der Waals surface area contributed by atoms with E-state index < -0.39 is 0 Å². The minimum absolute atomic E-state index is 0.292. The van der Waals surface area contributed by atoms with Gasteiger partial charge in [-0.3, -0.25) is 4.79 Å². The Kier molecular flexibility index (Phi) is 4.60. The van der Waals surface area contributed by atoms with Gasteiger partial charge in [0.25, 0.3) is 0 Å². The summed E-state index contributed by atoms with van der Waals surface area (Å²) in [5.41, 5.74) is 1.14. The Morgan fingerprint density at radius 3 is 2.45 bits per heavy atom. The van der Waals surface area contributed by atoms with Crippen molar-refractivity contribution >= 4 is 12.0 Å². The molecule has 0 heterocycles. The maximum absolute atomic E-state index is 13.3. The van der Waals surface area contributed by atoms with Gasteiger partial charge >= 0.3 is 0 Å². The summed E-state index contributed by atoms with van der Waals surface area (Å²) in [5, 5.41) is 2.64. The Morgan fingerprint density at radius 1 is 1.05 bits per heavy atom. The molecule has 102 valence electrons. The Labute approximate surface area is 115 Å². The monoisotopic (exact) mass is 273 g/mol. The zero-order chi connectivity index (χ0) is 14.4. The molecule has 0 aliphatic carbocycles. The second-order valence-electron chi connectivity index (χ2n) is 4.20. The molecule has 0 aromatic heterocycles. The first kappa shape index (κ1) is 13.9. The van der Waals surface area contributed by atoms with E-state index in [2.05, 4.69) is 5.32 Å². The molecule has 0 atom stereocenters. The third-order valence-corrected chi connectivity index (χ3v) is 2.70. The highest BCUT2D eigenvalue weighted by Crippen LogP contribution is 2.08. The lowest BCUT2D eigenvalue weighted by molar-refractivity contribution is -0.116. The van der Waals surface area contributed by atoms with Gasteiger partial charge in [0.15, 0.2) is 0 Å². The molecule has 0 spiro atoms. The molecule has 2 nitrogen and oxygen atoms in total. The standard InChI is InChI=1S/C16H13F2NO/c17-14-8-5-12(6-9-14)11-19-16(20)10-7-13-3-1-2-4-15(13)18/h1-10H,11H2,(H,19,20). The van der Waals surface area contributed by atoms with Gasteiger partial charge in [-0.1, -0.05) is 30.3 Å². The lowest BCUT2D eigenvalue weighted by atomic mass is 10.2. The molecule has 0 saturated carbocycles. The molecular formula is C16H13F2NO. The number of amides is 1. The largest absolute Gasteiger partial charge is 0.348 e. The first-order chi connectivity index (χ1) is 9.65. The fourth-order valence-electron chi connectivity index (χ4n) is 1.63. The molecule has 2 rings (SSSR count). The molecule has 4 heteroatoms. The Morgan fingerprint density at radius 2 is 1.75 bits per heavy atom. The minimum atomic E-state index is -0.380. The SMILES string of the molecule is O=C(C=Cc1ccccc1F)NCc1ccc(F)cc1. The minimum Gasteiger partial charge on any atom is -0.348 e. The fourth-order valence-corrected chi connectivity index (χ4v) is 1.63. The van der Waals surface area contributed by atoms with Crippen LogP contribution >= 0.6 is 0 Å². The summed E-state index contributed by atoms with van der Waals surface area (Å²) in [4.78, 5) is 11.6. The van der Waals surface area contributed by atoms with Crippen LogP contribution < -0.4 is 5.32 Å². The highest BCUT2D eigenvalue weighted by Gasteiger charge is 1.99. The van der Waals surface area contributed by atoms with E-state index in [9.17, 15) is 13.6 Å². The van der Waals surface area contributed by atoms with E-state index in [-0.39, 0.29) is 17.5 Å². The highest BCUT2D eigenvalue weighted by molar-refractivity contribution is 5.91. The normalized spacial score (nSPS) is 10.7. The van der Waals surface area contributed by atoms with Gasteiger partial charge in [-0.25, -0.2) is 8.78 Å². The molecular weight excluding hydrogens is 260 g/mol. The van der Waals surface area contributed by atoms with E-state index in [0.717, 1.165) is 5.56 Å². The van der Waals surface area contributed by atoms with Crippen LogP contribution in [-0.4, -0.2) is 5.91 Å². The summed E-state index contributed by atoms with van der Waals surface area (Å²) in [6, 6.07) is 12.0. The van der Waals surface area contributed by atoms with E-state index in [4.69, 9.17) is 0 Å². The van der Waals surface area contributed by atoms with Crippen molar-refractivity contribution in [3.63, 3.8) is 0 Å². The number of nitrogens with one attached hydrogen (secondary N) is 1. The van der Waals surface area contributed by atoms with Gasteiger partial charge in [-0.05, 0) is 29.8 Å². The van der Waals surface area contributed by atoms with E-state index >= 15 is 0 Å². The Hall–Kier alpha value is -2.49. The van der Waals surface area contributed by atoms with Crippen LogP contribution in [0.1, 0.15) is 11.1 Å². The van der Waals surface area contributed by atoms with Gasteiger partial charge in [-0.15, -0.1) is 0 Å². The number of rotatable bonds is 4. The quantitative estimate of drug-likeness (QED) is 0.851. The van der Waals surface area contributed by atoms with E-state index in [0.29, 0.717) is 12.1 Å². The number of hydrogen-bond donors (Lipinski definition) is 1. The summed E-state index contributed by atoms with van der Waals surface area (Å²) in [7, 11) is 0. The molecule has 1 amide bonds. The molecule has 0 saturated heterocycles. The van der Waals surface area contributed by atoms with Crippen molar-refractivity contribution in [3.05, 3.63) is 77.4 Å². The number of carbonyl (C=O) groups excluding carboxylic acids is 1. The van der Waals surface area contributed by atoms with Crippen LogP contribution in [0.15, 0.2) is 54.6 Å². The predicted octanol–water partition coefficient (Wildman–Crippen LogP) is 3.29. The summed E-state index contributed by atoms with van der Waals surface area (Å²) in [6.45, 7) is 0.292. The van der Waals surface area contributed by atoms with E-state index in [1.807, 2.05) is 0 Å². The molecule has 0 aliphatic rings. The van der Waals surface area contributed by atoms with Crippen LogP contribution in [0.3, 0.4) is 0 Å². The van der Waals surface area contributed by atoms with E-state index in [1.165, 1.54) is 30.4 Å². The molecule has 2 aromatic carbocycles. The lowest BCUT2D eigenvalue weighted by Crippen LogP contribution is -2.20. The third kappa shape index (κ3) is 4.02. The van der Waals surface area contributed by atoms with Crippen LogP contribution in [0, 0.1) is 11.6 Å². The van der Waals surface area contributed by atoms with Crippen LogP contribution in [0.2, 0.25) is 0 Å². The van der Waals surface area contributed by atoms with Crippen LogP contribution in [0.5, 0.6) is 0 Å². The Bertz CT molecular complexity index is 621. The van der Waals surface area contributed by atoms with Crippen LogP contribution in [-0.2, 0) is 11.3 Å². The molecule has 0 bridgehead atoms. The number of hydrogen-bond acceptors (Lipinski definition) is 1. The lowest BCUT2D eigenvalue weighted by Gasteiger charge is -2.02. The van der Waals surface area contributed by atoms with Crippen LogP contribution in [0.4, 0.5) is 8.78 Å². The second-order valence-corrected chi connectivity index (χ2v) is 4.20. The zero-order valence-electron chi connectivity index (χ0n) is 10.6. The molecule has 0 radical (unpaired) electrons. The van der Waals surface area contributed by atoms with Gasteiger partial charge in [-0.2, -0.15) is 0 Å². The van der Waals surface area contributed by atoms with Crippen molar-refractivity contribution in [2.75, 3.05) is 0 Å². The van der Waals surface area contributed by atoms with Crippen molar-refractivity contribution < 1.29 is 13.6 Å². The molecule has 0 fully saturated rings. The van der Waals surface area contributed by atoms with Gasteiger partial charge in [0.05, 0.1) is 0 Å². The summed E-state index contributed by atoms with van der Waals surface area (Å²) >= 11 is 0. The molecule has 0 aliphatic heterocycles. The second kappa shape index (κ2) is 6.61. The topological polar surface area (TPSA) is 29.1 Å². The van der Waals surface area contributed by atoms with Crippen molar-refractivity contribution in [1.82, 2.24) is 5.32 Å². The maximum Gasteiger partial charge on any atom is 0.244 e. The molecule has 1 N–H and O–H groups in total. The van der Waals surface area contributed by atoms with Crippen molar-refractivity contribution in [2.24, 2.45) is 0 Å². The van der Waals surface area contributed by atoms with Gasteiger partial charge in [0.2, 0.25) is 5.91 Å². The smallest absolute Gasteiger partial charge is 0.244 e. The highest BCUT2D eigenvalue weighted by atomic mass is 19.1. The average molecular weight is 273 g/mol. The molecule has 0 unspecified atom stereocenters. The van der Waals surface area contributed by atoms with Crippen molar-refractivity contribution in [1.29, 1.82) is 0 Å². The molecule has 20 heavy (non-hydrogen) atoms. The zero-order valence-corrected chi connectivity index (χ0v) is 10.6. The van der Waals surface area contributed by atoms with Gasteiger partial charge < -0.3 is 5.32 Å². The Balaban J connectivity index is 1.90. The summed E-state index contributed by atoms with van der Waals surface area (Å²) in [6.07, 6.45) is 2.68. The fraction of sp³-hybridized carbons (Fsp3) is 0.0625. The number of benzene rings is 2. The predicted molar refractivity (Wildman–Crippen MR) is 73.7 cm³/mol. The first-order valence-corrected chi connectivity index (χ1v) is 6.10. The summed E-state index contributed by atoms with van der Waals surface area (Å²) < 4.78 is 26.0.